The van der Waals surface area contributed by atoms with Gasteiger partial charge in [0.25, 0.3) is 0 Å². The minimum Gasteiger partial charge on any atom is -0.312 e. The molecule has 2 aromatic rings. The van der Waals surface area contributed by atoms with Gasteiger partial charge in [-0.3, -0.25) is 0 Å². The Labute approximate surface area is 138 Å². The molecule has 1 N–H and O–H groups in total. The van der Waals surface area contributed by atoms with E-state index in [1.165, 1.54) is 12.1 Å². The lowest BCUT2D eigenvalue weighted by molar-refractivity contribution is -0.137. The van der Waals surface area contributed by atoms with Crippen molar-refractivity contribution < 1.29 is 17.6 Å². The van der Waals surface area contributed by atoms with E-state index in [-0.39, 0.29) is 5.82 Å². The SMILES string of the molecule is Fc1cc(CNCCc2cccc(C(F)(F)F)c2)ccc1C1CC1. The molecule has 1 nitrogen and oxygen atoms in total. The number of hydrogen-bond donors (Lipinski definition) is 1. The van der Waals surface area contributed by atoms with Crippen molar-refractivity contribution in [3.63, 3.8) is 0 Å². The van der Waals surface area contributed by atoms with Crippen LogP contribution in [0, 0.1) is 5.82 Å². The Balaban J connectivity index is 1.49. The van der Waals surface area contributed by atoms with Crippen molar-refractivity contribution in [2.24, 2.45) is 0 Å². The highest BCUT2D eigenvalue weighted by atomic mass is 19.4. The second kappa shape index (κ2) is 6.93. The summed E-state index contributed by atoms with van der Waals surface area (Å²) in [6.07, 6.45) is -1.70. The van der Waals surface area contributed by atoms with E-state index in [2.05, 4.69) is 5.32 Å². The van der Waals surface area contributed by atoms with Crippen molar-refractivity contribution in [1.29, 1.82) is 0 Å². The zero-order valence-corrected chi connectivity index (χ0v) is 13.2. The van der Waals surface area contributed by atoms with Gasteiger partial charge >= 0.3 is 6.18 Å². The van der Waals surface area contributed by atoms with Crippen LogP contribution in [0.15, 0.2) is 42.5 Å². The predicted molar refractivity (Wildman–Crippen MR) is 85.2 cm³/mol. The van der Waals surface area contributed by atoms with Crippen LogP contribution in [0.2, 0.25) is 0 Å². The van der Waals surface area contributed by atoms with E-state index < -0.39 is 11.7 Å². The standard InChI is InChI=1S/C19H19F4N/c20-18-11-14(4-7-17(18)15-5-6-15)12-24-9-8-13-2-1-3-16(10-13)19(21,22)23/h1-4,7,10-11,15,24H,5-6,8-9,12H2. The average molecular weight is 337 g/mol. The number of halogens is 4. The van der Waals surface area contributed by atoms with E-state index in [4.69, 9.17) is 0 Å². The molecule has 1 fully saturated rings. The average Bonchev–Trinajstić information content (AvgIpc) is 3.36. The van der Waals surface area contributed by atoms with Gasteiger partial charge in [0.15, 0.2) is 0 Å². The third-order valence-electron chi connectivity index (χ3n) is 4.26. The largest absolute Gasteiger partial charge is 0.416 e. The van der Waals surface area contributed by atoms with Crippen LogP contribution in [0.3, 0.4) is 0 Å². The summed E-state index contributed by atoms with van der Waals surface area (Å²) >= 11 is 0. The number of benzene rings is 2. The first-order valence-electron chi connectivity index (χ1n) is 8.08. The van der Waals surface area contributed by atoms with E-state index in [9.17, 15) is 17.6 Å². The van der Waals surface area contributed by atoms with Crippen molar-refractivity contribution in [3.05, 3.63) is 70.5 Å². The van der Waals surface area contributed by atoms with Crippen molar-refractivity contribution in [3.8, 4) is 0 Å². The number of hydrogen-bond acceptors (Lipinski definition) is 1. The highest BCUT2D eigenvalue weighted by Crippen LogP contribution is 2.41. The molecular formula is C19H19F4N. The van der Waals surface area contributed by atoms with E-state index in [0.29, 0.717) is 31.0 Å². The van der Waals surface area contributed by atoms with Crippen LogP contribution in [0.4, 0.5) is 17.6 Å². The van der Waals surface area contributed by atoms with E-state index in [1.54, 1.807) is 12.1 Å². The Morgan fingerprint density at radius 1 is 1.00 bits per heavy atom. The van der Waals surface area contributed by atoms with Crippen molar-refractivity contribution in [2.45, 2.75) is 37.9 Å². The first-order valence-corrected chi connectivity index (χ1v) is 8.08. The second-order valence-corrected chi connectivity index (χ2v) is 6.26. The smallest absolute Gasteiger partial charge is 0.312 e. The maximum absolute atomic E-state index is 13.9. The maximum atomic E-state index is 13.9. The number of alkyl halides is 3. The summed E-state index contributed by atoms with van der Waals surface area (Å²) in [6, 6.07) is 10.6. The summed E-state index contributed by atoms with van der Waals surface area (Å²) in [5, 5.41) is 3.15. The Morgan fingerprint density at radius 2 is 1.79 bits per heavy atom. The van der Waals surface area contributed by atoms with Crippen LogP contribution in [0.5, 0.6) is 0 Å². The van der Waals surface area contributed by atoms with E-state index in [1.807, 2.05) is 12.1 Å². The fraction of sp³-hybridized carbons (Fsp3) is 0.368. The lowest BCUT2D eigenvalue weighted by Crippen LogP contribution is -2.17. The van der Waals surface area contributed by atoms with Gasteiger partial charge in [0, 0.05) is 6.54 Å². The molecule has 1 aliphatic carbocycles. The van der Waals surface area contributed by atoms with Gasteiger partial charge in [0.05, 0.1) is 5.56 Å². The molecule has 0 unspecified atom stereocenters. The number of rotatable bonds is 6. The lowest BCUT2D eigenvalue weighted by Gasteiger charge is -2.10. The van der Waals surface area contributed by atoms with Gasteiger partial charge in [-0.25, -0.2) is 4.39 Å². The summed E-state index contributed by atoms with van der Waals surface area (Å²) in [4.78, 5) is 0. The Bertz CT molecular complexity index is 705. The molecular weight excluding hydrogens is 318 g/mol. The molecule has 0 saturated heterocycles. The molecule has 0 spiro atoms. The van der Waals surface area contributed by atoms with Gasteiger partial charge in [-0.2, -0.15) is 13.2 Å². The van der Waals surface area contributed by atoms with Crippen LogP contribution >= 0.6 is 0 Å². The normalized spacial score (nSPS) is 14.8. The fourth-order valence-corrected chi connectivity index (χ4v) is 2.77. The first-order chi connectivity index (χ1) is 11.4. The zero-order valence-electron chi connectivity index (χ0n) is 13.2. The molecule has 2 aromatic carbocycles. The summed E-state index contributed by atoms with van der Waals surface area (Å²) in [5.74, 6) is 0.225. The van der Waals surface area contributed by atoms with E-state index in [0.717, 1.165) is 30.0 Å². The lowest BCUT2D eigenvalue weighted by atomic mass is 10.1. The third kappa shape index (κ3) is 4.35. The molecule has 0 aromatic heterocycles. The van der Waals surface area contributed by atoms with Crippen molar-refractivity contribution >= 4 is 0 Å². The van der Waals surface area contributed by atoms with Crippen LogP contribution < -0.4 is 5.32 Å². The molecule has 0 bridgehead atoms. The van der Waals surface area contributed by atoms with Crippen LogP contribution in [0.25, 0.3) is 0 Å². The molecule has 0 radical (unpaired) electrons. The predicted octanol–water partition coefficient (Wildman–Crippen LogP) is 5.05. The minimum atomic E-state index is -4.32. The maximum Gasteiger partial charge on any atom is 0.416 e. The third-order valence-corrected chi connectivity index (χ3v) is 4.26. The Kier molecular flexibility index (Phi) is 4.90. The zero-order chi connectivity index (χ0) is 17.2. The molecule has 0 aliphatic heterocycles. The van der Waals surface area contributed by atoms with Gasteiger partial charge in [-0.15, -0.1) is 0 Å². The summed E-state index contributed by atoms with van der Waals surface area (Å²) < 4.78 is 51.9. The Morgan fingerprint density at radius 3 is 2.46 bits per heavy atom. The van der Waals surface area contributed by atoms with Gasteiger partial charge in [-0.1, -0.05) is 30.3 Å². The summed E-state index contributed by atoms with van der Waals surface area (Å²) in [6.45, 7) is 1.04. The topological polar surface area (TPSA) is 12.0 Å². The molecule has 0 amide bonds. The molecule has 128 valence electrons. The van der Waals surface area contributed by atoms with Gasteiger partial charge in [0.2, 0.25) is 0 Å². The van der Waals surface area contributed by atoms with Crippen molar-refractivity contribution in [2.75, 3.05) is 6.54 Å². The van der Waals surface area contributed by atoms with Gasteiger partial charge in [-0.05, 0) is 60.5 Å². The quantitative estimate of drug-likeness (QED) is 0.574. The van der Waals surface area contributed by atoms with Gasteiger partial charge < -0.3 is 5.32 Å². The monoisotopic (exact) mass is 337 g/mol. The van der Waals surface area contributed by atoms with Gasteiger partial charge in [0.1, 0.15) is 5.82 Å². The highest BCUT2D eigenvalue weighted by molar-refractivity contribution is 5.30. The molecule has 0 heterocycles. The molecule has 3 rings (SSSR count). The Hall–Kier alpha value is -1.88. The molecule has 1 saturated carbocycles. The highest BCUT2D eigenvalue weighted by Gasteiger charge is 2.30. The van der Waals surface area contributed by atoms with Crippen LogP contribution in [-0.2, 0) is 19.1 Å². The summed E-state index contributed by atoms with van der Waals surface area (Å²) in [7, 11) is 0. The molecule has 1 aliphatic rings. The van der Waals surface area contributed by atoms with Crippen LogP contribution in [-0.4, -0.2) is 6.54 Å². The minimum absolute atomic E-state index is 0.158. The van der Waals surface area contributed by atoms with Crippen molar-refractivity contribution in [1.82, 2.24) is 5.32 Å². The summed E-state index contributed by atoms with van der Waals surface area (Å²) in [5.41, 5.74) is 1.65. The van der Waals surface area contributed by atoms with Crippen LogP contribution in [0.1, 0.15) is 41.0 Å². The van der Waals surface area contributed by atoms with E-state index >= 15 is 0 Å². The fourth-order valence-electron chi connectivity index (χ4n) is 2.77. The first kappa shape index (κ1) is 17.0. The molecule has 0 atom stereocenters. The second-order valence-electron chi connectivity index (χ2n) is 6.26. The molecule has 5 heteroatoms. The number of nitrogens with one attached hydrogen (secondary N) is 1. The molecule has 24 heavy (non-hydrogen) atoms.